The molecular weight excluding hydrogens is 358 g/mol. The van der Waals surface area contributed by atoms with Crippen LogP contribution in [0.15, 0.2) is 36.4 Å². The molecule has 1 heterocycles. The first kappa shape index (κ1) is 20.9. The van der Waals surface area contributed by atoms with Crippen LogP contribution in [0.5, 0.6) is 11.5 Å². The number of hydrogen-bond donors (Lipinski definition) is 3. The van der Waals surface area contributed by atoms with Gasteiger partial charge in [0.25, 0.3) is 0 Å². The van der Waals surface area contributed by atoms with Crippen molar-refractivity contribution in [1.82, 2.24) is 9.97 Å². The van der Waals surface area contributed by atoms with Crippen molar-refractivity contribution in [1.29, 1.82) is 5.41 Å². The van der Waals surface area contributed by atoms with E-state index in [-0.39, 0.29) is 25.7 Å². The van der Waals surface area contributed by atoms with E-state index in [4.69, 9.17) is 25.7 Å². The van der Waals surface area contributed by atoms with Crippen molar-refractivity contribution in [3.63, 3.8) is 0 Å². The molecule has 28 heavy (non-hydrogen) atoms. The Bertz CT molecular complexity index is 989. The van der Waals surface area contributed by atoms with Gasteiger partial charge in [-0.2, -0.15) is 4.98 Å². The third-order valence-corrected chi connectivity index (χ3v) is 4.28. The Morgan fingerprint density at radius 3 is 2.29 bits per heavy atom. The van der Waals surface area contributed by atoms with E-state index in [1.165, 1.54) is 0 Å². The van der Waals surface area contributed by atoms with Crippen LogP contribution in [0.3, 0.4) is 0 Å². The number of nitrogens with one attached hydrogen (secondary N) is 1. The summed E-state index contributed by atoms with van der Waals surface area (Å²) in [5, 5.41) is 17.6. The first-order valence-electron chi connectivity index (χ1n) is 8.20. The first-order valence-corrected chi connectivity index (χ1v) is 8.20. The minimum atomic E-state index is -0.302. The normalized spacial score (nSPS) is 10.3. The lowest BCUT2D eigenvalue weighted by molar-refractivity contribution is 0.356. The van der Waals surface area contributed by atoms with Crippen LogP contribution in [0.1, 0.15) is 13.0 Å². The van der Waals surface area contributed by atoms with Gasteiger partial charge in [-0.3, -0.25) is 0 Å². The molecule has 148 valence electrons. The molecule has 0 aliphatic carbocycles. The number of nitrogens with zero attached hydrogens (tertiary/aromatic N) is 3. The molecule has 8 nitrogen and oxygen atoms in total. The van der Waals surface area contributed by atoms with Crippen LogP contribution in [-0.2, 0) is 0 Å². The molecule has 0 amide bonds. The van der Waals surface area contributed by atoms with Gasteiger partial charge in [-0.25, -0.2) is 4.98 Å². The fourth-order valence-corrected chi connectivity index (χ4v) is 2.81. The highest BCUT2D eigenvalue weighted by atomic mass is 16.5. The maximum Gasteiger partial charge on any atom is 0.222 e. The molecule has 3 rings (SSSR count). The molecule has 0 saturated carbocycles. The lowest BCUT2D eigenvalue weighted by Gasteiger charge is -2.21. The van der Waals surface area contributed by atoms with Gasteiger partial charge in [-0.15, -0.1) is 0 Å². The standard InChI is InChI=1S/C19H21N5O3.CH4/c1-24(12-6-4-11(5-7-12)14(20)10-25)18-13-8-16(26-2)17(27-3)9-15(13)22-19(21)23-18;/h4-9,20,25H,10H2,1-3H3,(H2,21,22,23);1H4. The van der Waals surface area contributed by atoms with E-state index in [2.05, 4.69) is 9.97 Å². The number of aromatic nitrogens is 2. The number of methoxy groups -OCH3 is 2. The third-order valence-electron chi connectivity index (χ3n) is 4.28. The number of aliphatic hydroxyl groups excluding tert-OH is 1. The fourth-order valence-electron chi connectivity index (χ4n) is 2.81. The maximum atomic E-state index is 9.10. The molecule has 0 spiro atoms. The zero-order chi connectivity index (χ0) is 19.6. The number of rotatable bonds is 6. The summed E-state index contributed by atoms with van der Waals surface area (Å²) >= 11 is 0. The molecule has 0 unspecified atom stereocenters. The van der Waals surface area contributed by atoms with Crippen molar-refractivity contribution in [2.45, 2.75) is 7.43 Å². The molecule has 0 bridgehead atoms. The Morgan fingerprint density at radius 1 is 1.11 bits per heavy atom. The maximum absolute atomic E-state index is 9.10. The number of benzene rings is 2. The fraction of sp³-hybridized carbons (Fsp3) is 0.250. The summed E-state index contributed by atoms with van der Waals surface area (Å²) in [5.41, 5.74) is 8.22. The Morgan fingerprint density at radius 2 is 1.71 bits per heavy atom. The summed E-state index contributed by atoms with van der Waals surface area (Å²) in [5.74, 6) is 1.89. The van der Waals surface area contributed by atoms with Crippen molar-refractivity contribution in [3.05, 3.63) is 42.0 Å². The summed E-state index contributed by atoms with van der Waals surface area (Å²) in [4.78, 5) is 10.6. The molecule has 1 aromatic heterocycles. The van der Waals surface area contributed by atoms with E-state index in [0.717, 1.165) is 11.1 Å². The highest BCUT2D eigenvalue weighted by Crippen LogP contribution is 2.36. The van der Waals surface area contributed by atoms with E-state index in [1.807, 2.05) is 30.1 Å². The lowest BCUT2D eigenvalue weighted by atomic mass is 10.1. The van der Waals surface area contributed by atoms with Crippen LogP contribution < -0.4 is 20.1 Å². The number of anilines is 3. The van der Waals surface area contributed by atoms with Crippen LogP contribution in [0.2, 0.25) is 0 Å². The summed E-state index contributed by atoms with van der Waals surface area (Å²) < 4.78 is 10.7. The summed E-state index contributed by atoms with van der Waals surface area (Å²) in [6.07, 6.45) is 0. The minimum absolute atomic E-state index is 0. The lowest BCUT2D eigenvalue weighted by Crippen LogP contribution is -2.14. The van der Waals surface area contributed by atoms with E-state index in [1.54, 1.807) is 32.4 Å². The number of aliphatic hydroxyl groups is 1. The predicted octanol–water partition coefficient (Wildman–Crippen LogP) is 2.99. The molecular formula is C20H25N5O3. The number of nitrogen functional groups attached to an aromatic ring is 1. The minimum Gasteiger partial charge on any atom is -0.493 e. The molecule has 0 aliphatic heterocycles. The van der Waals surface area contributed by atoms with Crippen LogP contribution in [0.25, 0.3) is 10.9 Å². The highest BCUT2D eigenvalue weighted by Gasteiger charge is 2.16. The first-order chi connectivity index (χ1) is 13.0. The average molecular weight is 383 g/mol. The number of ether oxygens (including phenoxy) is 2. The quantitative estimate of drug-likeness (QED) is 0.560. The second-order valence-electron chi connectivity index (χ2n) is 5.87. The number of fused-ring (bicyclic) bond motifs is 1. The molecule has 8 heteroatoms. The molecule has 4 N–H and O–H groups in total. The SMILES string of the molecule is C.COc1cc2nc(N)nc(N(C)c3ccc(C(=N)CO)cc3)c2cc1OC. The average Bonchev–Trinajstić information content (AvgIpc) is 2.71. The van der Waals surface area contributed by atoms with Gasteiger partial charge in [0.1, 0.15) is 5.82 Å². The van der Waals surface area contributed by atoms with E-state index < -0.39 is 0 Å². The van der Waals surface area contributed by atoms with Gasteiger partial charge in [-0.1, -0.05) is 19.6 Å². The number of nitrogens with two attached hydrogens (primary N) is 1. The van der Waals surface area contributed by atoms with Crippen molar-refractivity contribution in [3.8, 4) is 11.5 Å². The Labute approximate surface area is 164 Å². The van der Waals surface area contributed by atoms with Gasteiger partial charge in [-0.05, 0) is 23.8 Å². The van der Waals surface area contributed by atoms with Crippen LogP contribution in [-0.4, -0.2) is 48.7 Å². The van der Waals surface area contributed by atoms with Gasteiger partial charge in [0.05, 0.1) is 32.1 Å². The molecule has 0 fully saturated rings. The van der Waals surface area contributed by atoms with E-state index >= 15 is 0 Å². The van der Waals surface area contributed by atoms with E-state index in [0.29, 0.717) is 28.4 Å². The van der Waals surface area contributed by atoms with Gasteiger partial charge in [0, 0.05) is 24.2 Å². The van der Waals surface area contributed by atoms with Gasteiger partial charge >= 0.3 is 0 Å². The van der Waals surface area contributed by atoms with Crippen LogP contribution in [0.4, 0.5) is 17.5 Å². The summed E-state index contributed by atoms with van der Waals surface area (Å²) in [6.45, 7) is -0.302. The molecule has 0 aliphatic rings. The molecule has 2 aromatic carbocycles. The van der Waals surface area contributed by atoms with Crippen LogP contribution >= 0.6 is 0 Å². The second kappa shape index (κ2) is 8.53. The van der Waals surface area contributed by atoms with Crippen LogP contribution in [0, 0.1) is 5.41 Å². The monoisotopic (exact) mass is 383 g/mol. The molecule has 0 atom stereocenters. The van der Waals surface area contributed by atoms with Crippen molar-refractivity contribution in [2.24, 2.45) is 0 Å². The Balaban J connectivity index is 0.00000280. The predicted molar refractivity (Wildman–Crippen MR) is 112 cm³/mol. The summed E-state index contributed by atoms with van der Waals surface area (Å²) in [7, 11) is 5.00. The van der Waals surface area contributed by atoms with Gasteiger partial charge in [0.15, 0.2) is 11.5 Å². The largest absolute Gasteiger partial charge is 0.493 e. The highest BCUT2D eigenvalue weighted by molar-refractivity contribution is 5.99. The van der Waals surface area contributed by atoms with Gasteiger partial charge in [0.2, 0.25) is 5.95 Å². The van der Waals surface area contributed by atoms with Crippen molar-refractivity contribution in [2.75, 3.05) is 38.5 Å². The van der Waals surface area contributed by atoms with Gasteiger partial charge < -0.3 is 30.6 Å². The Kier molecular flexibility index (Phi) is 6.37. The smallest absolute Gasteiger partial charge is 0.222 e. The molecule has 0 radical (unpaired) electrons. The second-order valence-corrected chi connectivity index (χ2v) is 5.87. The Hall–Kier alpha value is -3.39. The number of hydrogen-bond acceptors (Lipinski definition) is 8. The van der Waals surface area contributed by atoms with Crippen molar-refractivity contribution < 1.29 is 14.6 Å². The molecule has 0 saturated heterocycles. The zero-order valence-electron chi connectivity index (χ0n) is 15.4. The summed E-state index contributed by atoms with van der Waals surface area (Å²) in [6, 6.07) is 10.8. The van der Waals surface area contributed by atoms with E-state index in [9.17, 15) is 0 Å². The molecule has 3 aromatic rings. The third kappa shape index (κ3) is 3.81. The zero-order valence-corrected chi connectivity index (χ0v) is 15.4. The topological polar surface area (TPSA) is 118 Å². The van der Waals surface area contributed by atoms with Crippen molar-refractivity contribution >= 4 is 34.1 Å².